The molecule has 3 aromatic carbocycles. The lowest BCUT2D eigenvalue weighted by atomic mass is 9.90. The molecule has 0 aliphatic rings. The van der Waals surface area contributed by atoms with Gasteiger partial charge in [-0.05, 0) is 59.7 Å². The van der Waals surface area contributed by atoms with Crippen molar-refractivity contribution in [1.82, 2.24) is 4.57 Å². The van der Waals surface area contributed by atoms with Gasteiger partial charge in [-0.3, -0.25) is 9.59 Å². The second kappa shape index (κ2) is 13.5. The van der Waals surface area contributed by atoms with Crippen molar-refractivity contribution in [3.63, 3.8) is 0 Å². The summed E-state index contributed by atoms with van der Waals surface area (Å²) in [5.74, 6) is -1.63. The summed E-state index contributed by atoms with van der Waals surface area (Å²) < 4.78 is 16.0. The fraction of sp³-hybridized carbons (Fsp3) is 0.294. The predicted octanol–water partition coefficient (Wildman–Crippen LogP) is 6.49. The summed E-state index contributed by atoms with van der Waals surface area (Å²) in [6.45, 7) is 4.34. The molecule has 214 valence electrons. The number of halogens is 1. The highest BCUT2D eigenvalue weighted by Gasteiger charge is 2.30. The van der Waals surface area contributed by atoms with Gasteiger partial charge in [0, 0.05) is 29.8 Å². The minimum Gasteiger partial charge on any atom is -0.481 e. The zero-order valence-electron chi connectivity index (χ0n) is 23.3. The highest BCUT2D eigenvalue weighted by Crippen LogP contribution is 2.43. The maximum atomic E-state index is 14.2. The van der Waals surface area contributed by atoms with E-state index in [1.54, 1.807) is 12.1 Å². The first-order valence-electron chi connectivity index (χ1n) is 13.9. The Morgan fingerprint density at radius 3 is 2.02 bits per heavy atom. The van der Waals surface area contributed by atoms with Crippen LogP contribution >= 0.6 is 0 Å². The number of nitrogens with zero attached hydrogens (tertiary/aromatic N) is 1. The number of carboxylic acid groups (broad SMARTS) is 1. The van der Waals surface area contributed by atoms with Crippen molar-refractivity contribution in [2.75, 3.05) is 0 Å². The normalized spacial score (nSPS) is 12.8. The molecule has 0 fully saturated rings. The van der Waals surface area contributed by atoms with Gasteiger partial charge in [-0.1, -0.05) is 74.5 Å². The van der Waals surface area contributed by atoms with Crippen LogP contribution in [0.4, 0.5) is 4.39 Å². The Morgan fingerprint density at radius 1 is 0.829 bits per heavy atom. The van der Waals surface area contributed by atoms with Gasteiger partial charge >= 0.3 is 5.97 Å². The van der Waals surface area contributed by atoms with Gasteiger partial charge in [0.2, 0.25) is 0 Å². The summed E-state index contributed by atoms with van der Waals surface area (Å²) in [5.41, 5.74) is 5.37. The first-order chi connectivity index (χ1) is 19.7. The number of aliphatic carboxylic acids is 1. The third-order valence-corrected chi connectivity index (χ3v) is 7.16. The fourth-order valence-corrected chi connectivity index (χ4v) is 5.41. The van der Waals surface area contributed by atoms with Gasteiger partial charge in [-0.15, -0.1) is 0 Å². The molecule has 1 heterocycles. The summed E-state index contributed by atoms with van der Waals surface area (Å²) in [6, 6.07) is 25.3. The van der Waals surface area contributed by atoms with E-state index in [0.717, 1.165) is 33.6 Å². The Balaban J connectivity index is 1.89. The first-order valence-corrected chi connectivity index (χ1v) is 13.9. The molecular formula is C34H36FNO5. The van der Waals surface area contributed by atoms with Crippen molar-refractivity contribution in [1.29, 1.82) is 0 Å². The minimum absolute atomic E-state index is 0.0432. The molecule has 0 bridgehead atoms. The van der Waals surface area contributed by atoms with Crippen molar-refractivity contribution in [3.05, 3.63) is 108 Å². The van der Waals surface area contributed by atoms with E-state index in [1.165, 1.54) is 12.1 Å². The molecule has 4 rings (SSSR count). The third-order valence-electron chi connectivity index (χ3n) is 7.16. The summed E-state index contributed by atoms with van der Waals surface area (Å²) in [6.07, 6.45) is -2.24. The van der Waals surface area contributed by atoms with Gasteiger partial charge in [0.1, 0.15) is 5.82 Å². The van der Waals surface area contributed by atoms with Crippen LogP contribution < -0.4 is 0 Å². The number of carboxylic acids is 1. The smallest absolute Gasteiger partial charge is 0.305 e. The van der Waals surface area contributed by atoms with Gasteiger partial charge in [0.05, 0.1) is 24.3 Å². The van der Waals surface area contributed by atoms with Crippen LogP contribution in [-0.2, 0) is 17.8 Å². The molecule has 0 saturated heterocycles. The van der Waals surface area contributed by atoms with E-state index in [2.05, 4.69) is 0 Å². The maximum Gasteiger partial charge on any atom is 0.305 e. The highest BCUT2D eigenvalue weighted by atomic mass is 19.1. The van der Waals surface area contributed by atoms with Crippen LogP contribution in [0.3, 0.4) is 0 Å². The van der Waals surface area contributed by atoms with E-state index < -0.39 is 24.6 Å². The Labute approximate surface area is 239 Å². The lowest BCUT2D eigenvalue weighted by Gasteiger charge is -2.20. The number of hydrogen-bond donors (Lipinski definition) is 3. The Bertz CT molecular complexity index is 1460. The molecule has 6 nitrogen and oxygen atoms in total. The Kier molecular flexibility index (Phi) is 9.86. The summed E-state index contributed by atoms with van der Waals surface area (Å²) in [4.78, 5) is 25.1. The maximum absolute atomic E-state index is 14.2. The monoisotopic (exact) mass is 557 g/mol. The zero-order valence-corrected chi connectivity index (χ0v) is 23.3. The molecule has 0 spiro atoms. The number of rotatable bonds is 13. The number of aliphatic hydroxyl groups excluding tert-OH is 2. The number of ketones is 1. The van der Waals surface area contributed by atoms with E-state index in [1.807, 2.05) is 79.1 Å². The predicted molar refractivity (Wildman–Crippen MR) is 157 cm³/mol. The number of benzene rings is 3. The Hall–Kier alpha value is -4.07. The average molecular weight is 558 g/mol. The number of aliphatic hydroxyl groups is 2. The van der Waals surface area contributed by atoms with Crippen LogP contribution in [-0.4, -0.2) is 43.8 Å². The minimum atomic E-state index is -1.17. The molecule has 0 unspecified atom stereocenters. The molecule has 0 amide bonds. The molecule has 7 heteroatoms. The van der Waals surface area contributed by atoms with Crippen LogP contribution in [0.5, 0.6) is 0 Å². The fourth-order valence-electron chi connectivity index (χ4n) is 5.41. The molecule has 1 aromatic heterocycles. The van der Waals surface area contributed by atoms with Crippen molar-refractivity contribution < 1.29 is 29.3 Å². The van der Waals surface area contributed by atoms with Crippen molar-refractivity contribution in [2.24, 2.45) is 0 Å². The Morgan fingerprint density at radius 2 is 1.44 bits per heavy atom. The third kappa shape index (κ3) is 7.37. The number of carbonyl (C=O) groups is 2. The topological polar surface area (TPSA) is 99.8 Å². The van der Waals surface area contributed by atoms with Gasteiger partial charge in [0.25, 0.3) is 0 Å². The molecule has 0 radical (unpaired) electrons. The average Bonchev–Trinajstić information content (AvgIpc) is 3.28. The number of aromatic nitrogens is 1. The highest BCUT2D eigenvalue weighted by molar-refractivity contribution is 6.08. The van der Waals surface area contributed by atoms with E-state index in [-0.39, 0.29) is 36.8 Å². The quantitative estimate of drug-likeness (QED) is 0.163. The number of carbonyl (C=O) groups excluding carboxylic acids is 1. The standard InChI is InChI=1S/C34H36FNO5/c1-22(2)33-32(29(39)19-23-9-5-3-6-10-23)31(24-11-7-4-8-12-24)34(25-13-15-26(35)16-14-25)36(33)18-17-27(37)20-28(38)21-30(40)41/h3-16,22,27-28,37-38H,17-21H2,1-2H3,(H,40,41)/t27-,28+/m1/s1. The van der Waals surface area contributed by atoms with Crippen molar-refractivity contribution in [3.8, 4) is 22.4 Å². The second-order valence-electron chi connectivity index (χ2n) is 10.7. The largest absolute Gasteiger partial charge is 0.481 e. The molecule has 0 aliphatic carbocycles. The number of Topliss-reactive ketones (excluding diaryl/α,β-unsaturated/α-hetero) is 1. The van der Waals surface area contributed by atoms with Crippen LogP contribution in [0.15, 0.2) is 84.9 Å². The van der Waals surface area contributed by atoms with E-state index in [9.17, 15) is 24.2 Å². The first kappa shape index (κ1) is 29.9. The lowest BCUT2D eigenvalue weighted by molar-refractivity contribution is -0.139. The van der Waals surface area contributed by atoms with Crippen LogP contribution in [0.25, 0.3) is 22.4 Å². The molecular weight excluding hydrogens is 521 g/mol. The summed E-state index contributed by atoms with van der Waals surface area (Å²) >= 11 is 0. The molecule has 3 N–H and O–H groups in total. The molecule has 0 saturated carbocycles. The molecule has 4 aromatic rings. The second-order valence-corrected chi connectivity index (χ2v) is 10.7. The van der Waals surface area contributed by atoms with Gasteiger partial charge in [-0.2, -0.15) is 0 Å². The molecule has 0 aliphatic heterocycles. The lowest BCUT2D eigenvalue weighted by Crippen LogP contribution is -2.22. The van der Waals surface area contributed by atoms with E-state index >= 15 is 0 Å². The molecule has 41 heavy (non-hydrogen) atoms. The van der Waals surface area contributed by atoms with Crippen molar-refractivity contribution in [2.45, 2.75) is 64.2 Å². The van der Waals surface area contributed by atoms with Gasteiger partial charge < -0.3 is 19.9 Å². The van der Waals surface area contributed by atoms with E-state index in [4.69, 9.17) is 5.11 Å². The summed E-state index contributed by atoms with van der Waals surface area (Å²) in [5, 5.41) is 29.8. The zero-order chi connectivity index (χ0) is 29.5. The van der Waals surface area contributed by atoms with E-state index in [0.29, 0.717) is 12.1 Å². The van der Waals surface area contributed by atoms with Crippen LogP contribution in [0.1, 0.15) is 60.6 Å². The van der Waals surface area contributed by atoms with Crippen LogP contribution in [0.2, 0.25) is 0 Å². The van der Waals surface area contributed by atoms with Gasteiger partial charge in [0.15, 0.2) is 5.78 Å². The van der Waals surface area contributed by atoms with Gasteiger partial charge in [-0.25, -0.2) is 4.39 Å². The SMILES string of the molecule is CC(C)c1c(C(=O)Cc2ccccc2)c(-c2ccccc2)c(-c2ccc(F)cc2)n1CC[C@@H](O)C[C@H](O)CC(=O)O. The molecule has 2 atom stereocenters. The summed E-state index contributed by atoms with van der Waals surface area (Å²) in [7, 11) is 0. The number of hydrogen-bond acceptors (Lipinski definition) is 4. The van der Waals surface area contributed by atoms with Crippen molar-refractivity contribution >= 4 is 11.8 Å². The van der Waals surface area contributed by atoms with Crippen LogP contribution in [0, 0.1) is 5.82 Å².